The summed E-state index contributed by atoms with van der Waals surface area (Å²) < 4.78 is 5.48. The predicted molar refractivity (Wildman–Crippen MR) is 117 cm³/mol. The zero-order valence-corrected chi connectivity index (χ0v) is 17.9. The molecule has 2 aliphatic rings. The third-order valence-electron chi connectivity index (χ3n) is 5.98. The van der Waals surface area contributed by atoms with Crippen LogP contribution in [0.5, 0.6) is 0 Å². The Balaban J connectivity index is 1.69. The zero-order valence-electron chi connectivity index (χ0n) is 17.1. The Morgan fingerprint density at radius 3 is 2.56 bits per heavy atom. The molecule has 0 radical (unpaired) electrons. The number of hydrogen-bond donors (Lipinski definition) is 1. The van der Waals surface area contributed by atoms with Crippen molar-refractivity contribution in [2.24, 2.45) is 17.1 Å². The molecule has 0 bridgehead atoms. The SMILES string of the molecule is N#CC1=C(N)C(C#N)(C#N)[C@@H](c2cccs2)[C@H]2CN(C(=O)OCc3ccccc3)CC=C12. The Labute approximate surface area is 189 Å². The fraction of sp³-hybridized carbons (Fsp3) is 0.250. The molecule has 8 heteroatoms. The minimum absolute atomic E-state index is 0.0222. The van der Waals surface area contributed by atoms with Gasteiger partial charge in [0.1, 0.15) is 12.7 Å². The standard InChI is InChI=1S/C24H19N5O2S/c25-11-18-17-8-9-29(23(30)31-13-16-5-2-1-3-6-16)12-19(17)21(20-7-4-10-32-20)24(14-26,15-27)22(18)28/h1-8,10,19,21H,9,12-13,28H2/t19-,21+/m0/s1. The van der Waals surface area contributed by atoms with Crippen LogP contribution < -0.4 is 5.73 Å². The first-order valence-corrected chi connectivity index (χ1v) is 10.9. The summed E-state index contributed by atoms with van der Waals surface area (Å²) in [5.74, 6) is -1.04. The maximum Gasteiger partial charge on any atom is 0.410 e. The highest BCUT2D eigenvalue weighted by atomic mass is 32.1. The second kappa shape index (κ2) is 8.59. The van der Waals surface area contributed by atoms with Gasteiger partial charge in [0, 0.05) is 29.8 Å². The highest BCUT2D eigenvalue weighted by molar-refractivity contribution is 7.10. The molecule has 7 nitrogen and oxygen atoms in total. The third-order valence-corrected chi connectivity index (χ3v) is 6.93. The highest BCUT2D eigenvalue weighted by Crippen LogP contribution is 2.54. The topological polar surface area (TPSA) is 127 Å². The summed E-state index contributed by atoms with van der Waals surface area (Å²) in [6.45, 7) is 0.606. The van der Waals surface area contributed by atoms with Gasteiger partial charge in [-0.25, -0.2) is 4.79 Å². The second-order valence-corrected chi connectivity index (χ2v) is 8.62. The molecular weight excluding hydrogens is 422 g/mol. The Bertz CT molecular complexity index is 1200. The number of thiophene rings is 1. The van der Waals surface area contributed by atoms with E-state index in [9.17, 15) is 20.6 Å². The molecule has 1 aromatic heterocycles. The van der Waals surface area contributed by atoms with Crippen LogP contribution in [-0.4, -0.2) is 24.1 Å². The third kappa shape index (κ3) is 3.39. The van der Waals surface area contributed by atoms with Gasteiger partial charge in [-0.2, -0.15) is 15.8 Å². The first kappa shape index (κ1) is 21.2. The molecule has 0 spiro atoms. The first-order chi connectivity index (χ1) is 15.6. The fourth-order valence-electron chi connectivity index (χ4n) is 4.41. The van der Waals surface area contributed by atoms with Crippen molar-refractivity contribution in [2.45, 2.75) is 12.5 Å². The van der Waals surface area contributed by atoms with Crippen molar-refractivity contribution < 1.29 is 9.53 Å². The van der Waals surface area contributed by atoms with Gasteiger partial charge in [0.15, 0.2) is 5.41 Å². The molecule has 2 N–H and O–H groups in total. The molecule has 1 aromatic carbocycles. The van der Waals surface area contributed by atoms with E-state index in [1.807, 2.05) is 47.8 Å². The van der Waals surface area contributed by atoms with Crippen LogP contribution in [0.4, 0.5) is 4.79 Å². The largest absolute Gasteiger partial charge is 0.445 e. The van der Waals surface area contributed by atoms with Gasteiger partial charge >= 0.3 is 6.09 Å². The van der Waals surface area contributed by atoms with Crippen molar-refractivity contribution in [1.82, 2.24) is 4.90 Å². The molecule has 4 rings (SSSR count). The lowest BCUT2D eigenvalue weighted by Crippen LogP contribution is -2.49. The lowest BCUT2D eigenvalue weighted by Gasteiger charge is -2.44. The number of carbonyl (C=O) groups excluding carboxylic acids is 1. The quantitative estimate of drug-likeness (QED) is 0.771. The maximum absolute atomic E-state index is 12.8. The normalized spacial score (nSPS) is 21.4. The molecule has 0 saturated carbocycles. The lowest BCUT2D eigenvalue weighted by atomic mass is 9.59. The number of ether oxygens (including phenoxy) is 1. The highest BCUT2D eigenvalue weighted by Gasteiger charge is 2.55. The molecule has 1 aliphatic carbocycles. The van der Waals surface area contributed by atoms with Gasteiger partial charge in [0.25, 0.3) is 0 Å². The van der Waals surface area contributed by atoms with Crippen LogP contribution in [0.25, 0.3) is 0 Å². The second-order valence-electron chi connectivity index (χ2n) is 7.64. The lowest BCUT2D eigenvalue weighted by molar-refractivity contribution is 0.0900. The predicted octanol–water partition coefficient (Wildman–Crippen LogP) is 3.81. The molecule has 2 heterocycles. The summed E-state index contributed by atoms with van der Waals surface area (Å²) in [5.41, 5.74) is 6.26. The first-order valence-electron chi connectivity index (χ1n) is 9.98. The number of nitrogens with two attached hydrogens (primary N) is 1. The van der Waals surface area contributed by atoms with E-state index in [2.05, 4.69) is 18.2 Å². The van der Waals surface area contributed by atoms with E-state index in [-0.39, 0.29) is 31.0 Å². The summed E-state index contributed by atoms with van der Waals surface area (Å²) in [6.07, 6.45) is 1.29. The van der Waals surface area contributed by atoms with Gasteiger partial charge < -0.3 is 15.4 Å². The van der Waals surface area contributed by atoms with Gasteiger partial charge in [-0.15, -0.1) is 11.3 Å². The zero-order chi connectivity index (χ0) is 22.7. The molecule has 2 aromatic rings. The molecule has 0 unspecified atom stereocenters. The molecule has 0 fully saturated rings. The summed E-state index contributed by atoms with van der Waals surface area (Å²) in [5, 5.41) is 31.8. The summed E-state index contributed by atoms with van der Waals surface area (Å²) in [7, 11) is 0. The van der Waals surface area contributed by atoms with Crippen LogP contribution >= 0.6 is 11.3 Å². The van der Waals surface area contributed by atoms with Crippen molar-refractivity contribution in [1.29, 1.82) is 15.8 Å². The molecular formula is C24H19N5O2S. The van der Waals surface area contributed by atoms with Crippen molar-refractivity contribution in [3.8, 4) is 18.2 Å². The summed E-state index contributed by atoms with van der Waals surface area (Å²) >= 11 is 1.42. The van der Waals surface area contributed by atoms with Crippen LogP contribution in [-0.2, 0) is 11.3 Å². The average Bonchev–Trinajstić information content (AvgIpc) is 3.36. The Hall–Kier alpha value is -4.06. The van der Waals surface area contributed by atoms with Gasteiger partial charge in [0.05, 0.1) is 23.4 Å². The summed E-state index contributed by atoms with van der Waals surface area (Å²) in [6, 6.07) is 19.3. The van der Waals surface area contributed by atoms with Gasteiger partial charge in [0.2, 0.25) is 0 Å². The number of rotatable bonds is 3. The molecule has 2 atom stereocenters. The number of nitrogens with zero attached hydrogens (tertiary/aromatic N) is 4. The Kier molecular flexibility index (Phi) is 5.69. The number of amides is 1. The van der Waals surface area contributed by atoms with E-state index < -0.39 is 23.3 Å². The van der Waals surface area contributed by atoms with Crippen molar-refractivity contribution >= 4 is 17.4 Å². The molecule has 158 valence electrons. The number of benzene rings is 1. The number of allylic oxidation sites excluding steroid dienone is 2. The minimum atomic E-state index is -1.70. The van der Waals surface area contributed by atoms with Gasteiger partial charge in [-0.05, 0) is 22.6 Å². The van der Waals surface area contributed by atoms with Crippen molar-refractivity contribution in [3.05, 3.63) is 81.2 Å². The molecule has 1 aliphatic heterocycles. The molecule has 32 heavy (non-hydrogen) atoms. The maximum atomic E-state index is 12.8. The van der Waals surface area contributed by atoms with E-state index >= 15 is 0 Å². The minimum Gasteiger partial charge on any atom is -0.445 e. The fourth-order valence-corrected chi connectivity index (χ4v) is 5.37. The Morgan fingerprint density at radius 1 is 1.19 bits per heavy atom. The van der Waals surface area contributed by atoms with Crippen molar-refractivity contribution in [3.63, 3.8) is 0 Å². The van der Waals surface area contributed by atoms with Gasteiger partial charge in [-0.3, -0.25) is 0 Å². The van der Waals surface area contributed by atoms with Gasteiger partial charge in [-0.1, -0.05) is 42.5 Å². The van der Waals surface area contributed by atoms with Crippen molar-refractivity contribution in [2.75, 3.05) is 13.1 Å². The average molecular weight is 442 g/mol. The smallest absolute Gasteiger partial charge is 0.410 e. The molecule has 1 amide bonds. The van der Waals surface area contributed by atoms with E-state index in [4.69, 9.17) is 10.5 Å². The van der Waals surface area contributed by atoms with Crippen LogP contribution in [0.15, 0.2) is 70.8 Å². The molecule has 0 saturated heterocycles. The van der Waals surface area contributed by atoms with E-state index in [0.717, 1.165) is 10.4 Å². The monoisotopic (exact) mass is 441 g/mol. The van der Waals surface area contributed by atoms with E-state index in [1.165, 1.54) is 16.2 Å². The van der Waals surface area contributed by atoms with Crippen LogP contribution in [0.1, 0.15) is 16.4 Å². The number of carbonyl (C=O) groups is 1. The number of fused-ring (bicyclic) bond motifs is 1. The van der Waals surface area contributed by atoms with E-state index in [1.54, 1.807) is 6.08 Å². The van der Waals surface area contributed by atoms with Crippen LogP contribution in [0.2, 0.25) is 0 Å². The number of nitriles is 3. The summed E-state index contributed by atoms with van der Waals surface area (Å²) in [4.78, 5) is 15.1. The number of hydrogen-bond acceptors (Lipinski definition) is 7. The van der Waals surface area contributed by atoms with Crippen LogP contribution in [0.3, 0.4) is 0 Å². The van der Waals surface area contributed by atoms with Crippen LogP contribution in [0, 0.1) is 45.3 Å². The van der Waals surface area contributed by atoms with E-state index in [0.29, 0.717) is 5.57 Å². The Morgan fingerprint density at radius 2 is 1.94 bits per heavy atom.